The van der Waals surface area contributed by atoms with Crippen molar-refractivity contribution in [3.63, 3.8) is 0 Å². The third kappa shape index (κ3) is 4.71. The van der Waals surface area contributed by atoms with E-state index in [1.807, 2.05) is 36.4 Å². The SMILES string of the molecule is Cc1cc(NC(=O)n2ccc3cc(OCc4ccccc4)ccc32)cc(C(F)(F)F)c1. The molecule has 158 valence electrons. The minimum absolute atomic E-state index is 0.0852. The maximum Gasteiger partial charge on any atom is 0.416 e. The van der Waals surface area contributed by atoms with E-state index in [4.69, 9.17) is 4.74 Å². The zero-order valence-corrected chi connectivity index (χ0v) is 16.6. The van der Waals surface area contributed by atoms with Crippen LogP contribution in [0.3, 0.4) is 0 Å². The highest BCUT2D eigenvalue weighted by atomic mass is 19.4. The Balaban J connectivity index is 1.52. The van der Waals surface area contributed by atoms with E-state index in [9.17, 15) is 18.0 Å². The Morgan fingerprint density at radius 3 is 2.52 bits per heavy atom. The smallest absolute Gasteiger partial charge is 0.416 e. The van der Waals surface area contributed by atoms with Crippen LogP contribution >= 0.6 is 0 Å². The molecule has 1 heterocycles. The maximum absolute atomic E-state index is 13.0. The zero-order valence-electron chi connectivity index (χ0n) is 16.6. The summed E-state index contributed by atoms with van der Waals surface area (Å²) >= 11 is 0. The summed E-state index contributed by atoms with van der Waals surface area (Å²) in [5, 5.41) is 3.32. The molecular weight excluding hydrogens is 405 g/mol. The number of hydrogen-bond donors (Lipinski definition) is 1. The van der Waals surface area contributed by atoms with Gasteiger partial charge in [-0.3, -0.25) is 4.57 Å². The second-order valence-corrected chi connectivity index (χ2v) is 7.20. The Morgan fingerprint density at radius 2 is 1.77 bits per heavy atom. The molecule has 0 saturated carbocycles. The Morgan fingerprint density at radius 1 is 1.00 bits per heavy atom. The molecule has 1 aromatic heterocycles. The van der Waals surface area contributed by atoms with Gasteiger partial charge in [0.05, 0.1) is 11.1 Å². The first-order chi connectivity index (χ1) is 14.8. The van der Waals surface area contributed by atoms with Gasteiger partial charge in [-0.2, -0.15) is 13.2 Å². The van der Waals surface area contributed by atoms with Gasteiger partial charge in [0.15, 0.2) is 0 Å². The number of carbonyl (C=O) groups is 1. The molecule has 0 spiro atoms. The highest BCUT2D eigenvalue weighted by Crippen LogP contribution is 2.32. The highest BCUT2D eigenvalue weighted by Gasteiger charge is 2.31. The normalized spacial score (nSPS) is 11.5. The van der Waals surface area contributed by atoms with Crippen molar-refractivity contribution < 1.29 is 22.7 Å². The minimum Gasteiger partial charge on any atom is -0.489 e. The lowest BCUT2D eigenvalue weighted by molar-refractivity contribution is -0.137. The van der Waals surface area contributed by atoms with Crippen LogP contribution in [-0.2, 0) is 12.8 Å². The van der Waals surface area contributed by atoms with Gasteiger partial charge in [0.1, 0.15) is 12.4 Å². The predicted molar refractivity (Wildman–Crippen MR) is 113 cm³/mol. The molecule has 7 heteroatoms. The fourth-order valence-corrected chi connectivity index (χ4v) is 3.33. The van der Waals surface area contributed by atoms with Crippen molar-refractivity contribution in [3.8, 4) is 5.75 Å². The summed E-state index contributed by atoms with van der Waals surface area (Å²) in [5.74, 6) is 0.656. The quantitative estimate of drug-likeness (QED) is 0.400. The fourth-order valence-electron chi connectivity index (χ4n) is 3.33. The van der Waals surface area contributed by atoms with Crippen LogP contribution in [0.5, 0.6) is 5.75 Å². The van der Waals surface area contributed by atoms with Gasteiger partial charge < -0.3 is 10.1 Å². The van der Waals surface area contributed by atoms with Crippen molar-refractivity contribution in [2.75, 3.05) is 5.32 Å². The van der Waals surface area contributed by atoms with E-state index in [1.165, 1.54) is 10.6 Å². The number of anilines is 1. The van der Waals surface area contributed by atoms with E-state index >= 15 is 0 Å². The lowest BCUT2D eigenvalue weighted by Gasteiger charge is -2.12. The van der Waals surface area contributed by atoms with Crippen LogP contribution in [0.15, 0.2) is 79.0 Å². The highest BCUT2D eigenvalue weighted by molar-refractivity contribution is 5.98. The van der Waals surface area contributed by atoms with Crippen LogP contribution in [-0.4, -0.2) is 10.6 Å². The minimum atomic E-state index is -4.48. The number of nitrogens with zero attached hydrogens (tertiary/aromatic N) is 1. The molecule has 0 bridgehead atoms. The van der Waals surface area contributed by atoms with Crippen LogP contribution in [0.1, 0.15) is 16.7 Å². The number of aryl methyl sites for hydroxylation is 1. The van der Waals surface area contributed by atoms with Gasteiger partial charge in [-0.1, -0.05) is 30.3 Å². The molecule has 0 atom stereocenters. The van der Waals surface area contributed by atoms with Crippen LogP contribution < -0.4 is 10.1 Å². The zero-order chi connectivity index (χ0) is 22.0. The van der Waals surface area contributed by atoms with E-state index in [2.05, 4.69) is 5.32 Å². The summed E-state index contributed by atoms with van der Waals surface area (Å²) in [6.45, 7) is 1.97. The summed E-state index contributed by atoms with van der Waals surface area (Å²) in [6, 6.07) is 19.7. The molecule has 0 unspecified atom stereocenters. The van der Waals surface area contributed by atoms with Crippen LogP contribution in [0.25, 0.3) is 10.9 Å². The number of rotatable bonds is 4. The summed E-state index contributed by atoms with van der Waals surface area (Å²) in [6.07, 6.45) is -2.91. The number of amides is 1. The summed E-state index contributed by atoms with van der Waals surface area (Å²) in [5.41, 5.74) is 1.34. The van der Waals surface area contributed by atoms with Crippen molar-refractivity contribution in [2.45, 2.75) is 19.7 Å². The van der Waals surface area contributed by atoms with Gasteiger partial charge >= 0.3 is 12.2 Å². The second kappa shape index (κ2) is 8.18. The number of aromatic nitrogens is 1. The van der Waals surface area contributed by atoms with E-state index in [-0.39, 0.29) is 5.69 Å². The monoisotopic (exact) mass is 424 g/mol. The number of benzene rings is 3. The lowest BCUT2D eigenvalue weighted by atomic mass is 10.1. The van der Waals surface area contributed by atoms with Gasteiger partial charge in [0.2, 0.25) is 0 Å². The fraction of sp³-hybridized carbons (Fsp3) is 0.125. The van der Waals surface area contributed by atoms with Crippen molar-refractivity contribution in [2.24, 2.45) is 0 Å². The van der Waals surface area contributed by atoms with Gasteiger partial charge in [-0.05, 0) is 60.5 Å². The molecule has 1 N–H and O–H groups in total. The second-order valence-electron chi connectivity index (χ2n) is 7.20. The molecule has 4 nitrogen and oxygen atoms in total. The molecule has 1 amide bonds. The number of carbonyl (C=O) groups excluding carboxylic acids is 1. The Hall–Kier alpha value is -3.74. The van der Waals surface area contributed by atoms with E-state index < -0.39 is 17.8 Å². The van der Waals surface area contributed by atoms with Gasteiger partial charge in [-0.25, -0.2) is 4.79 Å². The molecule has 3 aromatic carbocycles. The largest absolute Gasteiger partial charge is 0.489 e. The predicted octanol–water partition coefficient (Wildman–Crippen LogP) is 6.63. The Bertz CT molecular complexity index is 1230. The standard InChI is InChI=1S/C24H19F3N2O2/c1-16-11-19(24(25,26)27)14-20(12-16)28-23(30)29-10-9-18-13-21(7-8-22(18)29)31-15-17-5-3-2-4-6-17/h2-14H,15H2,1H3,(H,28,30). The molecule has 0 aliphatic carbocycles. The maximum atomic E-state index is 13.0. The molecule has 0 aliphatic rings. The van der Waals surface area contributed by atoms with E-state index in [0.717, 1.165) is 23.1 Å². The Labute approximate surface area is 176 Å². The van der Waals surface area contributed by atoms with Crippen LogP contribution in [0.2, 0.25) is 0 Å². The lowest BCUT2D eigenvalue weighted by Crippen LogP contribution is -2.19. The Kier molecular flexibility index (Phi) is 5.42. The number of nitrogens with one attached hydrogen (secondary N) is 1. The number of ether oxygens (including phenoxy) is 1. The van der Waals surface area contributed by atoms with Gasteiger partial charge in [0.25, 0.3) is 0 Å². The third-order valence-corrected chi connectivity index (χ3v) is 4.78. The average molecular weight is 424 g/mol. The molecule has 0 fully saturated rings. The van der Waals surface area contributed by atoms with Crippen molar-refractivity contribution >= 4 is 22.6 Å². The van der Waals surface area contributed by atoms with Gasteiger partial charge in [0, 0.05) is 17.3 Å². The average Bonchev–Trinajstić information content (AvgIpc) is 3.15. The summed E-state index contributed by atoms with van der Waals surface area (Å²) < 4.78 is 46.3. The van der Waals surface area contributed by atoms with Crippen molar-refractivity contribution in [1.29, 1.82) is 0 Å². The molecule has 4 rings (SSSR count). The first-order valence-corrected chi connectivity index (χ1v) is 9.58. The van der Waals surface area contributed by atoms with Crippen molar-refractivity contribution in [3.05, 3.63) is 95.7 Å². The number of alkyl halides is 3. The third-order valence-electron chi connectivity index (χ3n) is 4.78. The van der Waals surface area contributed by atoms with Crippen LogP contribution in [0, 0.1) is 6.92 Å². The molecule has 0 aliphatic heterocycles. The van der Waals surface area contributed by atoms with Gasteiger partial charge in [-0.15, -0.1) is 0 Å². The van der Waals surface area contributed by atoms with Crippen molar-refractivity contribution in [1.82, 2.24) is 4.57 Å². The first-order valence-electron chi connectivity index (χ1n) is 9.58. The molecule has 0 saturated heterocycles. The molecule has 4 aromatic rings. The number of fused-ring (bicyclic) bond motifs is 1. The number of halogens is 3. The molecule has 31 heavy (non-hydrogen) atoms. The van der Waals surface area contributed by atoms with E-state index in [0.29, 0.717) is 23.4 Å². The van der Waals surface area contributed by atoms with E-state index in [1.54, 1.807) is 31.3 Å². The van der Waals surface area contributed by atoms with Crippen LogP contribution in [0.4, 0.5) is 23.7 Å². The summed E-state index contributed by atoms with van der Waals surface area (Å²) in [4.78, 5) is 12.7. The molecule has 0 radical (unpaired) electrons. The first kappa shape index (κ1) is 20.5. The summed E-state index contributed by atoms with van der Waals surface area (Å²) in [7, 11) is 0. The molecular formula is C24H19F3N2O2. The number of hydrogen-bond acceptors (Lipinski definition) is 2. The topological polar surface area (TPSA) is 43.3 Å².